The van der Waals surface area contributed by atoms with Gasteiger partial charge in [-0.1, -0.05) is 0 Å². The summed E-state index contributed by atoms with van der Waals surface area (Å²) in [4.78, 5) is 3.18. The summed E-state index contributed by atoms with van der Waals surface area (Å²) in [5.41, 5.74) is 1.62. The first-order chi connectivity index (χ1) is 8.38. The Morgan fingerprint density at radius 1 is 1.41 bits per heavy atom. The van der Waals surface area contributed by atoms with E-state index in [1.54, 1.807) is 10.4 Å². The molecule has 2 aliphatic rings. The van der Waals surface area contributed by atoms with Crippen LogP contribution in [0.5, 0.6) is 0 Å². The van der Waals surface area contributed by atoms with E-state index in [2.05, 4.69) is 18.4 Å². The van der Waals surface area contributed by atoms with Gasteiger partial charge in [0.25, 0.3) is 0 Å². The summed E-state index contributed by atoms with van der Waals surface area (Å²) in [6.45, 7) is 1.86. The minimum absolute atomic E-state index is 0.507. The first-order valence-corrected chi connectivity index (χ1v) is 7.56. The van der Waals surface area contributed by atoms with Gasteiger partial charge in [-0.15, -0.1) is 11.3 Å². The SMILES string of the molecule is CNC(c1cc2c(s1)CCCC2)C1CCOC1. The standard InChI is InChI=1S/C14H21NOS/c1-15-14(11-6-7-16-9-11)13-8-10-4-2-3-5-12(10)17-13/h8,11,14-15H,2-7,9H2,1H3. The van der Waals surface area contributed by atoms with Gasteiger partial charge in [0.05, 0.1) is 6.61 Å². The maximum Gasteiger partial charge on any atom is 0.0513 e. The van der Waals surface area contributed by atoms with E-state index in [0.717, 1.165) is 13.2 Å². The molecular weight excluding hydrogens is 230 g/mol. The second-order valence-corrected chi connectivity index (χ2v) is 6.36. The summed E-state index contributed by atoms with van der Waals surface area (Å²) in [6.07, 6.45) is 6.55. The number of hydrogen-bond donors (Lipinski definition) is 1. The Hall–Kier alpha value is -0.380. The molecule has 0 saturated carbocycles. The third-order valence-electron chi connectivity index (χ3n) is 4.07. The van der Waals surface area contributed by atoms with Crippen molar-refractivity contribution in [2.24, 2.45) is 5.92 Å². The summed E-state index contributed by atoms with van der Waals surface area (Å²) in [5, 5.41) is 3.50. The molecule has 0 bridgehead atoms. The lowest BCUT2D eigenvalue weighted by molar-refractivity contribution is 0.178. The van der Waals surface area contributed by atoms with E-state index in [1.807, 2.05) is 11.3 Å². The maximum absolute atomic E-state index is 5.53. The molecule has 2 heterocycles. The van der Waals surface area contributed by atoms with E-state index in [-0.39, 0.29) is 0 Å². The quantitative estimate of drug-likeness (QED) is 0.892. The minimum Gasteiger partial charge on any atom is -0.381 e. The van der Waals surface area contributed by atoms with Crippen LogP contribution in [0.1, 0.15) is 40.6 Å². The zero-order valence-corrected chi connectivity index (χ0v) is 11.3. The van der Waals surface area contributed by atoms with Crippen molar-refractivity contribution in [2.45, 2.75) is 38.1 Å². The molecule has 3 rings (SSSR count). The highest BCUT2D eigenvalue weighted by Gasteiger charge is 2.28. The molecule has 1 aromatic rings. The third-order valence-corrected chi connectivity index (χ3v) is 5.39. The van der Waals surface area contributed by atoms with Gasteiger partial charge in [-0.3, -0.25) is 0 Å². The van der Waals surface area contributed by atoms with Crippen molar-refractivity contribution >= 4 is 11.3 Å². The van der Waals surface area contributed by atoms with E-state index < -0.39 is 0 Å². The average Bonchev–Trinajstić information content (AvgIpc) is 2.98. The van der Waals surface area contributed by atoms with E-state index in [9.17, 15) is 0 Å². The van der Waals surface area contributed by atoms with Crippen molar-refractivity contribution in [3.8, 4) is 0 Å². The molecule has 1 aliphatic carbocycles. The first kappa shape index (κ1) is 11.7. The average molecular weight is 251 g/mol. The van der Waals surface area contributed by atoms with Gasteiger partial charge in [0.15, 0.2) is 0 Å². The molecule has 1 aromatic heterocycles. The number of nitrogens with one attached hydrogen (secondary N) is 1. The summed E-state index contributed by atoms with van der Waals surface area (Å²) >= 11 is 2.04. The smallest absolute Gasteiger partial charge is 0.0513 e. The lowest BCUT2D eigenvalue weighted by Gasteiger charge is -2.20. The Morgan fingerprint density at radius 2 is 2.29 bits per heavy atom. The zero-order chi connectivity index (χ0) is 11.7. The first-order valence-electron chi connectivity index (χ1n) is 6.75. The third kappa shape index (κ3) is 2.28. The van der Waals surface area contributed by atoms with E-state index in [1.165, 1.54) is 37.0 Å². The molecule has 0 radical (unpaired) electrons. The van der Waals surface area contributed by atoms with Crippen LogP contribution in [0, 0.1) is 5.92 Å². The van der Waals surface area contributed by atoms with Crippen LogP contribution in [-0.2, 0) is 17.6 Å². The molecule has 1 N–H and O–H groups in total. The molecule has 17 heavy (non-hydrogen) atoms. The lowest BCUT2D eigenvalue weighted by Crippen LogP contribution is -2.24. The van der Waals surface area contributed by atoms with Gasteiger partial charge in [0.1, 0.15) is 0 Å². The van der Waals surface area contributed by atoms with Gasteiger partial charge < -0.3 is 10.1 Å². The number of thiophene rings is 1. The molecular formula is C14H21NOS. The van der Waals surface area contributed by atoms with Crippen LogP contribution < -0.4 is 5.32 Å². The molecule has 0 amide bonds. The highest BCUT2D eigenvalue weighted by molar-refractivity contribution is 7.12. The number of fused-ring (bicyclic) bond motifs is 1. The monoisotopic (exact) mass is 251 g/mol. The van der Waals surface area contributed by atoms with Crippen LogP contribution in [0.25, 0.3) is 0 Å². The highest BCUT2D eigenvalue weighted by atomic mass is 32.1. The highest BCUT2D eigenvalue weighted by Crippen LogP contribution is 2.37. The van der Waals surface area contributed by atoms with Crippen molar-refractivity contribution in [1.29, 1.82) is 0 Å². The second-order valence-electron chi connectivity index (χ2n) is 5.19. The zero-order valence-electron chi connectivity index (χ0n) is 10.5. The van der Waals surface area contributed by atoms with Crippen molar-refractivity contribution < 1.29 is 4.74 Å². The Kier molecular flexibility index (Phi) is 3.50. The molecule has 3 heteroatoms. The summed E-state index contributed by atoms with van der Waals surface area (Å²) in [6, 6.07) is 2.96. The molecule has 1 fully saturated rings. The van der Waals surface area contributed by atoms with Crippen LogP contribution in [0.2, 0.25) is 0 Å². The van der Waals surface area contributed by atoms with Crippen molar-refractivity contribution in [3.63, 3.8) is 0 Å². The molecule has 1 aliphatic heterocycles. The fraction of sp³-hybridized carbons (Fsp3) is 0.714. The normalized spacial score (nSPS) is 25.8. The fourth-order valence-electron chi connectivity index (χ4n) is 3.09. The molecule has 0 aromatic carbocycles. The molecule has 2 atom stereocenters. The number of rotatable bonds is 3. The Labute approximate surface area is 107 Å². The molecule has 94 valence electrons. The van der Waals surface area contributed by atoms with Crippen molar-refractivity contribution in [1.82, 2.24) is 5.32 Å². The number of ether oxygens (including phenoxy) is 1. The molecule has 2 unspecified atom stereocenters. The Morgan fingerprint density at radius 3 is 3.00 bits per heavy atom. The van der Waals surface area contributed by atoms with Crippen LogP contribution in [-0.4, -0.2) is 20.3 Å². The van der Waals surface area contributed by atoms with Gasteiger partial charge in [-0.25, -0.2) is 0 Å². The number of hydrogen-bond acceptors (Lipinski definition) is 3. The van der Waals surface area contributed by atoms with Crippen molar-refractivity contribution in [2.75, 3.05) is 20.3 Å². The van der Waals surface area contributed by atoms with E-state index in [4.69, 9.17) is 4.74 Å². The predicted molar refractivity (Wildman–Crippen MR) is 71.7 cm³/mol. The van der Waals surface area contributed by atoms with E-state index in [0.29, 0.717) is 12.0 Å². The fourth-order valence-corrected chi connectivity index (χ4v) is 4.55. The summed E-state index contributed by atoms with van der Waals surface area (Å²) in [5.74, 6) is 0.667. The second kappa shape index (κ2) is 5.09. The van der Waals surface area contributed by atoms with E-state index >= 15 is 0 Å². The molecule has 1 saturated heterocycles. The van der Waals surface area contributed by atoms with Gasteiger partial charge in [0, 0.05) is 28.3 Å². The topological polar surface area (TPSA) is 21.3 Å². The van der Waals surface area contributed by atoms with Gasteiger partial charge in [-0.05, 0) is 50.8 Å². The van der Waals surface area contributed by atoms with Gasteiger partial charge in [-0.2, -0.15) is 0 Å². The van der Waals surface area contributed by atoms with Crippen molar-refractivity contribution in [3.05, 3.63) is 21.4 Å². The van der Waals surface area contributed by atoms with Gasteiger partial charge >= 0.3 is 0 Å². The molecule has 2 nitrogen and oxygen atoms in total. The summed E-state index contributed by atoms with van der Waals surface area (Å²) < 4.78 is 5.53. The van der Waals surface area contributed by atoms with Crippen LogP contribution in [0.15, 0.2) is 6.07 Å². The van der Waals surface area contributed by atoms with Gasteiger partial charge in [0.2, 0.25) is 0 Å². The Bertz CT molecular complexity index is 358. The van der Waals surface area contributed by atoms with Crippen LogP contribution in [0.3, 0.4) is 0 Å². The Balaban J connectivity index is 1.83. The number of aryl methyl sites for hydroxylation is 2. The predicted octanol–water partition coefficient (Wildman–Crippen LogP) is 2.92. The van der Waals surface area contributed by atoms with Crippen LogP contribution in [0.4, 0.5) is 0 Å². The summed E-state index contributed by atoms with van der Waals surface area (Å²) in [7, 11) is 2.09. The maximum atomic E-state index is 5.53. The lowest BCUT2D eigenvalue weighted by atomic mass is 9.95. The van der Waals surface area contributed by atoms with Crippen LogP contribution >= 0.6 is 11.3 Å². The largest absolute Gasteiger partial charge is 0.381 e. The minimum atomic E-state index is 0.507. The molecule has 0 spiro atoms.